The fourth-order valence-electron chi connectivity index (χ4n) is 2.53. The number of thiocarbonyl (C=S) groups is 1. The first-order valence-corrected chi connectivity index (χ1v) is 7.90. The summed E-state index contributed by atoms with van der Waals surface area (Å²) in [4.78, 5) is 3.14. The molecule has 1 aromatic rings. The molecule has 0 radical (unpaired) electrons. The highest BCUT2D eigenvalue weighted by Crippen LogP contribution is 2.15. The first kappa shape index (κ1) is 15.3. The van der Waals surface area contributed by atoms with Gasteiger partial charge in [0.25, 0.3) is 0 Å². The number of rotatable bonds is 6. The lowest BCUT2D eigenvalue weighted by molar-refractivity contribution is 0.114. The average Bonchev–Trinajstić information content (AvgIpc) is 3.00. The van der Waals surface area contributed by atoms with E-state index in [1.54, 1.807) is 0 Å². The zero-order valence-corrected chi connectivity index (χ0v) is 13.2. The molecule has 3 nitrogen and oxygen atoms in total. The number of nitrogens with one attached hydrogen (secondary N) is 1. The van der Waals surface area contributed by atoms with Gasteiger partial charge in [-0.05, 0) is 51.0 Å². The van der Waals surface area contributed by atoms with Gasteiger partial charge in [-0.15, -0.1) is 0 Å². The second kappa shape index (κ2) is 7.60. The molecule has 2 rings (SSSR count). The Kier molecular flexibility index (Phi) is 5.80. The Bertz CT molecular complexity index is 423. The van der Waals surface area contributed by atoms with Crippen molar-refractivity contribution in [3.05, 3.63) is 29.8 Å². The van der Waals surface area contributed by atoms with Crippen LogP contribution in [0.2, 0.25) is 0 Å². The van der Waals surface area contributed by atoms with Gasteiger partial charge in [-0.3, -0.25) is 0 Å². The van der Waals surface area contributed by atoms with Crippen LogP contribution in [0.4, 0.5) is 5.69 Å². The van der Waals surface area contributed by atoms with Crippen LogP contribution in [-0.4, -0.2) is 37.3 Å². The van der Waals surface area contributed by atoms with Crippen molar-refractivity contribution in [3.63, 3.8) is 0 Å². The van der Waals surface area contributed by atoms with Crippen molar-refractivity contribution >= 4 is 22.9 Å². The lowest BCUT2D eigenvalue weighted by atomic mass is 10.2. The second-order valence-electron chi connectivity index (χ2n) is 5.06. The predicted octanol–water partition coefficient (Wildman–Crippen LogP) is 2.98. The standard InChI is InChI=1S/C16H24N2OS/c1-3-18(4-2)14-9-7-13(8-10-14)16(20)17-12-15-6-5-11-19-15/h7-10,15H,3-6,11-12H2,1-2H3,(H,17,20)/t15-/m0/s1. The molecule has 1 aliphatic rings. The van der Waals surface area contributed by atoms with Gasteiger partial charge in [0.15, 0.2) is 0 Å². The zero-order valence-electron chi connectivity index (χ0n) is 12.4. The minimum Gasteiger partial charge on any atom is -0.376 e. The van der Waals surface area contributed by atoms with E-state index in [1.807, 2.05) is 0 Å². The Morgan fingerprint density at radius 1 is 1.30 bits per heavy atom. The van der Waals surface area contributed by atoms with Crippen LogP contribution in [0.1, 0.15) is 32.3 Å². The maximum atomic E-state index is 5.59. The van der Waals surface area contributed by atoms with E-state index in [-0.39, 0.29) is 0 Å². The fourth-order valence-corrected chi connectivity index (χ4v) is 2.75. The Morgan fingerprint density at radius 2 is 2.00 bits per heavy atom. The molecule has 1 aromatic carbocycles. The molecule has 1 fully saturated rings. The molecule has 0 amide bonds. The van der Waals surface area contributed by atoms with Crippen molar-refractivity contribution in [1.29, 1.82) is 0 Å². The van der Waals surface area contributed by atoms with Gasteiger partial charge in [0.05, 0.1) is 6.10 Å². The van der Waals surface area contributed by atoms with Crippen LogP contribution in [0.3, 0.4) is 0 Å². The van der Waals surface area contributed by atoms with E-state index in [0.29, 0.717) is 6.10 Å². The summed E-state index contributed by atoms with van der Waals surface area (Å²) in [6, 6.07) is 8.47. The maximum Gasteiger partial charge on any atom is 0.106 e. The summed E-state index contributed by atoms with van der Waals surface area (Å²) in [6.07, 6.45) is 2.62. The zero-order chi connectivity index (χ0) is 14.4. The van der Waals surface area contributed by atoms with Gasteiger partial charge in [-0.2, -0.15) is 0 Å². The third-order valence-corrected chi connectivity index (χ3v) is 4.15. The first-order valence-electron chi connectivity index (χ1n) is 7.49. The van der Waals surface area contributed by atoms with Crippen molar-refractivity contribution in [3.8, 4) is 0 Å². The lowest BCUT2D eigenvalue weighted by Crippen LogP contribution is -2.31. The fraction of sp³-hybridized carbons (Fsp3) is 0.562. The maximum absolute atomic E-state index is 5.59. The SMILES string of the molecule is CCN(CC)c1ccc(C(=S)NC[C@@H]2CCCO2)cc1. The number of benzene rings is 1. The topological polar surface area (TPSA) is 24.5 Å². The smallest absolute Gasteiger partial charge is 0.106 e. The van der Waals surface area contributed by atoms with Gasteiger partial charge in [-0.1, -0.05) is 12.2 Å². The Morgan fingerprint density at radius 3 is 2.55 bits per heavy atom. The summed E-state index contributed by atoms with van der Waals surface area (Å²) in [6.45, 7) is 8.10. The highest BCUT2D eigenvalue weighted by Gasteiger charge is 2.15. The van der Waals surface area contributed by atoms with E-state index in [0.717, 1.165) is 49.6 Å². The second-order valence-corrected chi connectivity index (χ2v) is 5.47. The Balaban J connectivity index is 1.89. The molecule has 0 spiro atoms. The van der Waals surface area contributed by atoms with Crippen molar-refractivity contribution in [1.82, 2.24) is 5.32 Å². The molecule has 1 atom stereocenters. The first-order chi connectivity index (χ1) is 9.74. The van der Waals surface area contributed by atoms with E-state index < -0.39 is 0 Å². The minimum absolute atomic E-state index is 0.322. The van der Waals surface area contributed by atoms with E-state index in [9.17, 15) is 0 Å². The van der Waals surface area contributed by atoms with Crippen molar-refractivity contribution in [2.75, 3.05) is 31.1 Å². The molecule has 1 N–H and O–H groups in total. The number of ether oxygens (including phenoxy) is 1. The van der Waals surface area contributed by atoms with Crippen LogP contribution in [0.5, 0.6) is 0 Å². The van der Waals surface area contributed by atoms with Gasteiger partial charge < -0.3 is 15.0 Å². The monoisotopic (exact) mass is 292 g/mol. The number of nitrogens with zero attached hydrogens (tertiary/aromatic N) is 1. The molecule has 0 unspecified atom stereocenters. The molecular formula is C16H24N2OS. The third-order valence-electron chi connectivity index (χ3n) is 3.77. The number of hydrogen-bond acceptors (Lipinski definition) is 3. The van der Waals surface area contributed by atoms with E-state index in [4.69, 9.17) is 17.0 Å². The Labute approximate surface area is 127 Å². The minimum atomic E-state index is 0.322. The van der Waals surface area contributed by atoms with Crippen LogP contribution in [-0.2, 0) is 4.74 Å². The molecular weight excluding hydrogens is 268 g/mol. The summed E-state index contributed by atoms with van der Waals surface area (Å²) in [7, 11) is 0. The van der Waals surface area contributed by atoms with Gasteiger partial charge in [-0.25, -0.2) is 0 Å². The molecule has 0 saturated carbocycles. The molecule has 0 aromatic heterocycles. The van der Waals surface area contributed by atoms with E-state index in [1.165, 1.54) is 5.69 Å². The molecule has 1 heterocycles. The molecule has 4 heteroatoms. The van der Waals surface area contributed by atoms with E-state index >= 15 is 0 Å². The average molecular weight is 292 g/mol. The van der Waals surface area contributed by atoms with Crippen LogP contribution in [0, 0.1) is 0 Å². The van der Waals surface area contributed by atoms with Crippen LogP contribution < -0.4 is 10.2 Å². The molecule has 0 bridgehead atoms. The molecule has 1 aliphatic heterocycles. The third kappa shape index (κ3) is 3.93. The van der Waals surface area contributed by atoms with Crippen LogP contribution in [0.25, 0.3) is 0 Å². The molecule has 110 valence electrons. The number of hydrogen-bond donors (Lipinski definition) is 1. The van der Waals surface area contributed by atoms with E-state index in [2.05, 4.69) is 48.3 Å². The summed E-state index contributed by atoms with van der Waals surface area (Å²) in [5.74, 6) is 0. The van der Waals surface area contributed by atoms with Crippen LogP contribution >= 0.6 is 12.2 Å². The number of anilines is 1. The van der Waals surface area contributed by atoms with Crippen molar-refractivity contribution < 1.29 is 4.74 Å². The lowest BCUT2D eigenvalue weighted by Gasteiger charge is -2.21. The van der Waals surface area contributed by atoms with Crippen molar-refractivity contribution in [2.45, 2.75) is 32.8 Å². The summed E-state index contributed by atoms with van der Waals surface area (Å²) in [5.41, 5.74) is 2.33. The molecule has 20 heavy (non-hydrogen) atoms. The Hall–Kier alpha value is -1.13. The summed E-state index contributed by atoms with van der Waals surface area (Å²) < 4.78 is 5.59. The molecule has 0 aliphatic carbocycles. The van der Waals surface area contributed by atoms with Gasteiger partial charge in [0.1, 0.15) is 4.99 Å². The van der Waals surface area contributed by atoms with Gasteiger partial charge in [0, 0.05) is 37.5 Å². The largest absolute Gasteiger partial charge is 0.376 e. The van der Waals surface area contributed by atoms with Gasteiger partial charge >= 0.3 is 0 Å². The quantitative estimate of drug-likeness (QED) is 0.815. The summed E-state index contributed by atoms with van der Waals surface area (Å²) in [5, 5.41) is 3.31. The van der Waals surface area contributed by atoms with Crippen LogP contribution in [0.15, 0.2) is 24.3 Å². The van der Waals surface area contributed by atoms with Crippen molar-refractivity contribution in [2.24, 2.45) is 0 Å². The summed E-state index contributed by atoms with van der Waals surface area (Å²) >= 11 is 5.44. The van der Waals surface area contributed by atoms with Gasteiger partial charge in [0.2, 0.25) is 0 Å². The highest BCUT2D eigenvalue weighted by atomic mass is 32.1. The normalized spacial score (nSPS) is 18.0. The molecule has 1 saturated heterocycles. The highest BCUT2D eigenvalue weighted by molar-refractivity contribution is 7.80. The predicted molar refractivity (Wildman–Crippen MR) is 88.7 cm³/mol.